The molecule has 0 aliphatic heterocycles. The van der Waals surface area contributed by atoms with Crippen molar-refractivity contribution < 1.29 is 5.11 Å². The Labute approximate surface area is 146 Å². The average Bonchev–Trinajstić information content (AvgIpc) is 3.03. The predicted molar refractivity (Wildman–Crippen MR) is 99.2 cm³/mol. The van der Waals surface area contributed by atoms with E-state index in [-0.39, 0.29) is 5.75 Å². The van der Waals surface area contributed by atoms with Gasteiger partial charge in [0.1, 0.15) is 5.75 Å². The number of aromatic hydroxyl groups is 1. The molecule has 2 N–H and O–H groups in total. The highest BCUT2D eigenvalue weighted by Gasteiger charge is 2.06. The highest BCUT2D eigenvalue weighted by molar-refractivity contribution is 9.10. The van der Waals surface area contributed by atoms with Crippen molar-refractivity contribution in [3.63, 3.8) is 0 Å². The van der Waals surface area contributed by atoms with Gasteiger partial charge in [0.25, 0.3) is 0 Å². The van der Waals surface area contributed by atoms with Crippen LogP contribution in [0.3, 0.4) is 0 Å². The van der Waals surface area contributed by atoms with Gasteiger partial charge in [-0.05, 0) is 31.2 Å². The number of anilines is 1. The van der Waals surface area contributed by atoms with Gasteiger partial charge in [-0.2, -0.15) is 5.10 Å². The van der Waals surface area contributed by atoms with Crippen LogP contribution in [0, 0.1) is 0 Å². The Kier molecular flexibility index (Phi) is 4.73. The maximum absolute atomic E-state index is 9.83. The van der Waals surface area contributed by atoms with E-state index in [0.29, 0.717) is 16.4 Å². The fourth-order valence-electron chi connectivity index (χ4n) is 2.05. The number of rotatable bonds is 4. The van der Waals surface area contributed by atoms with E-state index in [2.05, 4.69) is 31.4 Å². The monoisotopic (exact) mass is 387 g/mol. The summed E-state index contributed by atoms with van der Waals surface area (Å²) in [6.07, 6.45) is 0. The van der Waals surface area contributed by atoms with Crippen molar-refractivity contribution in [3.8, 4) is 17.0 Å². The zero-order valence-electron chi connectivity index (χ0n) is 12.3. The molecule has 23 heavy (non-hydrogen) atoms. The van der Waals surface area contributed by atoms with Crippen LogP contribution in [0.5, 0.6) is 5.75 Å². The highest BCUT2D eigenvalue weighted by Crippen LogP contribution is 2.26. The van der Waals surface area contributed by atoms with Gasteiger partial charge in [-0.3, -0.25) is 5.43 Å². The first-order valence-corrected chi connectivity index (χ1v) is 8.61. The second-order valence-electron chi connectivity index (χ2n) is 4.87. The molecule has 116 valence electrons. The SMILES string of the molecule is CC(=NNc1nc(-c2ccc(Br)cc2)cs1)c1ccccc1O. The maximum atomic E-state index is 9.83. The van der Waals surface area contributed by atoms with Crippen LogP contribution in [0.2, 0.25) is 0 Å². The zero-order valence-corrected chi connectivity index (χ0v) is 14.7. The lowest BCUT2D eigenvalue weighted by Gasteiger charge is -2.03. The number of nitrogens with one attached hydrogen (secondary N) is 1. The van der Waals surface area contributed by atoms with Crippen LogP contribution < -0.4 is 5.43 Å². The Morgan fingerprint density at radius 3 is 2.65 bits per heavy atom. The van der Waals surface area contributed by atoms with E-state index in [4.69, 9.17) is 0 Å². The summed E-state index contributed by atoms with van der Waals surface area (Å²) in [5.74, 6) is 0.213. The number of hydrogen-bond acceptors (Lipinski definition) is 5. The molecule has 0 aliphatic rings. The molecule has 0 radical (unpaired) electrons. The third-order valence-electron chi connectivity index (χ3n) is 3.26. The first-order chi connectivity index (χ1) is 11.1. The summed E-state index contributed by atoms with van der Waals surface area (Å²) in [5.41, 5.74) is 6.30. The highest BCUT2D eigenvalue weighted by atomic mass is 79.9. The second kappa shape index (κ2) is 6.93. The fourth-order valence-corrected chi connectivity index (χ4v) is 2.98. The molecule has 0 aliphatic carbocycles. The number of nitrogens with zero attached hydrogens (tertiary/aromatic N) is 2. The summed E-state index contributed by atoms with van der Waals surface area (Å²) in [7, 11) is 0. The van der Waals surface area contributed by atoms with Gasteiger partial charge in [0.2, 0.25) is 5.13 Å². The molecular weight excluding hydrogens is 374 g/mol. The summed E-state index contributed by atoms with van der Waals surface area (Å²) in [6.45, 7) is 1.84. The largest absolute Gasteiger partial charge is 0.507 e. The van der Waals surface area contributed by atoms with E-state index in [1.807, 2.05) is 48.7 Å². The van der Waals surface area contributed by atoms with Gasteiger partial charge in [0.15, 0.2) is 0 Å². The molecule has 0 amide bonds. The third-order valence-corrected chi connectivity index (χ3v) is 4.53. The quantitative estimate of drug-likeness (QED) is 0.482. The Morgan fingerprint density at radius 1 is 1.17 bits per heavy atom. The van der Waals surface area contributed by atoms with Gasteiger partial charge < -0.3 is 5.11 Å². The number of para-hydroxylation sites is 1. The Morgan fingerprint density at radius 2 is 1.91 bits per heavy atom. The Hall–Kier alpha value is -2.18. The van der Waals surface area contributed by atoms with Crippen LogP contribution in [-0.4, -0.2) is 15.8 Å². The topological polar surface area (TPSA) is 57.5 Å². The lowest BCUT2D eigenvalue weighted by atomic mass is 10.1. The molecule has 3 rings (SSSR count). The minimum Gasteiger partial charge on any atom is -0.507 e. The number of hydrazone groups is 1. The molecule has 6 heteroatoms. The summed E-state index contributed by atoms with van der Waals surface area (Å²) < 4.78 is 1.04. The number of phenols is 1. The van der Waals surface area contributed by atoms with Crippen molar-refractivity contribution in [2.45, 2.75) is 6.92 Å². The summed E-state index contributed by atoms with van der Waals surface area (Å²) in [6, 6.07) is 15.1. The summed E-state index contributed by atoms with van der Waals surface area (Å²) >= 11 is 4.91. The number of benzene rings is 2. The maximum Gasteiger partial charge on any atom is 0.203 e. The van der Waals surface area contributed by atoms with Crippen LogP contribution >= 0.6 is 27.3 Å². The van der Waals surface area contributed by atoms with Gasteiger partial charge in [-0.25, -0.2) is 4.98 Å². The van der Waals surface area contributed by atoms with Gasteiger partial charge in [0, 0.05) is 21.0 Å². The summed E-state index contributed by atoms with van der Waals surface area (Å²) in [4.78, 5) is 4.52. The predicted octanol–water partition coefficient (Wildman–Crippen LogP) is 5.11. The first kappa shape index (κ1) is 15.7. The van der Waals surface area contributed by atoms with Crippen LogP contribution in [0.15, 0.2) is 63.5 Å². The molecule has 3 aromatic rings. The van der Waals surface area contributed by atoms with E-state index in [9.17, 15) is 5.11 Å². The molecule has 0 bridgehead atoms. The third kappa shape index (κ3) is 3.78. The first-order valence-electron chi connectivity index (χ1n) is 6.93. The average molecular weight is 388 g/mol. The van der Waals surface area contributed by atoms with E-state index in [1.165, 1.54) is 11.3 Å². The van der Waals surface area contributed by atoms with Gasteiger partial charge in [-0.15, -0.1) is 11.3 Å². The molecule has 0 saturated heterocycles. The molecule has 0 atom stereocenters. The molecule has 4 nitrogen and oxygen atoms in total. The van der Waals surface area contributed by atoms with Crippen molar-refractivity contribution in [2.24, 2.45) is 5.10 Å². The van der Waals surface area contributed by atoms with Gasteiger partial charge >= 0.3 is 0 Å². The second-order valence-corrected chi connectivity index (χ2v) is 6.64. The molecule has 0 saturated carbocycles. The number of aromatic nitrogens is 1. The fraction of sp³-hybridized carbons (Fsp3) is 0.0588. The van der Waals surface area contributed by atoms with Crippen molar-refractivity contribution >= 4 is 38.1 Å². The van der Waals surface area contributed by atoms with Crippen molar-refractivity contribution in [2.75, 3.05) is 5.43 Å². The molecule has 0 unspecified atom stereocenters. The zero-order chi connectivity index (χ0) is 16.2. The van der Waals surface area contributed by atoms with Crippen molar-refractivity contribution in [1.82, 2.24) is 4.98 Å². The molecule has 2 aromatic carbocycles. The van der Waals surface area contributed by atoms with E-state index in [1.54, 1.807) is 12.1 Å². The number of hydrogen-bond donors (Lipinski definition) is 2. The van der Waals surface area contributed by atoms with Crippen LogP contribution in [0.4, 0.5) is 5.13 Å². The van der Waals surface area contributed by atoms with Gasteiger partial charge in [0.05, 0.1) is 11.4 Å². The van der Waals surface area contributed by atoms with E-state index >= 15 is 0 Å². The number of phenolic OH excluding ortho intramolecular Hbond substituents is 1. The van der Waals surface area contributed by atoms with E-state index < -0.39 is 0 Å². The number of thiazole rings is 1. The molecule has 1 aromatic heterocycles. The van der Waals surface area contributed by atoms with Crippen molar-refractivity contribution in [1.29, 1.82) is 0 Å². The molecule has 0 spiro atoms. The smallest absolute Gasteiger partial charge is 0.203 e. The lowest BCUT2D eigenvalue weighted by molar-refractivity contribution is 0.474. The molecule has 0 fully saturated rings. The number of halogens is 1. The van der Waals surface area contributed by atoms with Crippen molar-refractivity contribution in [3.05, 3.63) is 63.9 Å². The van der Waals surface area contributed by atoms with Crippen LogP contribution in [-0.2, 0) is 0 Å². The molecular formula is C17H14BrN3OS. The Balaban J connectivity index is 1.75. The Bertz CT molecular complexity index is 843. The van der Waals surface area contributed by atoms with Crippen LogP contribution in [0.1, 0.15) is 12.5 Å². The molecule has 1 heterocycles. The normalized spacial score (nSPS) is 11.5. The lowest BCUT2D eigenvalue weighted by Crippen LogP contribution is -1.99. The van der Waals surface area contributed by atoms with Gasteiger partial charge in [-0.1, -0.05) is 40.2 Å². The van der Waals surface area contributed by atoms with Crippen LogP contribution in [0.25, 0.3) is 11.3 Å². The standard InChI is InChI=1S/C17H14BrN3OS/c1-11(14-4-2-3-5-16(14)22)20-21-17-19-15(10-23-17)12-6-8-13(18)9-7-12/h2-10,22H,1H3,(H,19,21). The summed E-state index contributed by atoms with van der Waals surface area (Å²) in [5, 5.41) is 16.8. The minimum absolute atomic E-state index is 0.213. The van der Waals surface area contributed by atoms with E-state index in [0.717, 1.165) is 15.7 Å². The minimum atomic E-state index is 0.213.